The summed E-state index contributed by atoms with van der Waals surface area (Å²) >= 11 is 1.31. The van der Waals surface area contributed by atoms with E-state index in [0.29, 0.717) is 22.7 Å². The zero-order chi connectivity index (χ0) is 30.9. The van der Waals surface area contributed by atoms with Gasteiger partial charge in [0.2, 0.25) is 0 Å². The second-order valence-corrected chi connectivity index (χ2v) is 10.0. The van der Waals surface area contributed by atoms with Crippen LogP contribution < -0.4 is 22.5 Å². The monoisotopic (exact) mass is 578 g/mol. The summed E-state index contributed by atoms with van der Waals surface area (Å²) in [5, 5.41) is 12.7. The molecule has 1 aromatic heterocycles. The maximum absolute atomic E-state index is 10.8. The molecule has 3 aromatic carbocycles. The van der Waals surface area contributed by atoms with E-state index < -0.39 is 0 Å². The molecule has 0 saturated carbocycles. The van der Waals surface area contributed by atoms with Crippen LogP contribution in [0.5, 0.6) is 0 Å². The second kappa shape index (κ2) is 17.6. The van der Waals surface area contributed by atoms with Gasteiger partial charge in [-0.05, 0) is 48.1 Å². The Morgan fingerprint density at radius 1 is 0.929 bits per heavy atom. The normalized spacial score (nSPS) is 9.95. The first-order chi connectivity index (χ1) is 20.1. The lowest BCUT2D eigenvalue weighted by Gasteiger charge is -2.17. The van der Waals surface area contributed by atoms with Crippen LogP contribution >= 0.6 is 11.8 Å². The van der Waals surface area contributed by atoms with Crippen LogP contribution in [-0.4, -0.2) is 16.6 Å². The van der Waals surface area contributed by atoms with Gasteiger partial charge in [0.25, 0.3) is 0 Å². The Labute approximate surface area is 252 Å². The minimum Gasteiger partial charge on any atom is -0.404 e. The molecule has 4 aromatic rings. The van der Waals surface area contributed by atoms with Crippen LogP contribution in [0.3, 0.4) is 0 Å². The number of aryl methyl sites for hydroxylation is 1. The van der Waals surface area contributed by atoms with Gasteiger partial charge in [0.15, 0.2) is 5.78 Å². The summed E-state index contributed by atoms with van der Waals surface area (Å²) in [5.41, 5.74) is 23.3. The topological polar surface area (TPSA) is 144 Å². The van der Waals surface area contributed by atoms with Crippen LogP contribution in [0.25, 0.3) is 16.8 Å². The van der Waals surface area contributed by atoms with E-state index >= 15 is 0 Å². The number of pyridine rings is 1. The Bertz CT molecular complexity index is 1470. The summed E-state index contributed by atoms with van der Waals surface area (Å²) in [7, 11) is 0. The zero-order valence-corrected chi connectivity index (χ0v) is 24.8. The fourth-order valence-corrected chi connectivity index (χ4v) is 3.98. The lowest BCUT2D eigenvalue weighted by molar-refractivity contribution is 0.101. The molecule has 0 saturated heterocycles. The van der Waals surface area contributed by atoms with Gasteiger partial charge in [-0.25, -0.2) is 0 Å². The second-order valence-electron chi connectivity index (χ2n) is 8.98. The van der Waals surface area contributed by atoms with Gasteiger partial charge in [0.1, 0.15) is 5.84 Å². The van der Waals surface area contributed by atoms with Crippen molar-refractivity contribution in [1.29, 1.82) is 5.41 Å². The van der Waals surface area contributed by atoms with E-state index in [1.807, 2.05) is 30.5 Å². The first-order valence-corrected chi connectivity index (χ1v) is 13.9. The van der Waals surface area contributed by atoms with Gasteiger partial charge in [-0.2, -0.15) is 0 Å². The molecule has 0 aliphatic rings. The number of Topliss-reactive ketones (excluding diaryl/α,β-unsaturated/α-hetero) is 1. The van der Waals surface area contributed by atoms with Crippen molar-refractivity contribution in [2.75, 3.05) is 0 Å². The van der Waals surface area contributed by atoms with Crippen molar-refractivity contribution in [2.24, 2.45) is 17.2 Å². The van der Waals surface area contributed by atoms with Gasteiger partial charge in [0, 0.05) is 34.8 Å². The molecule has 0 spiro atoms. The van der Waals surface area contributed by atoms with Crippen LogP contribution in [0.15, 0.2) is 127 Å². The first kappa shape index (κ1) is 33.1. The number of nitrogens with zero attached hydrogens (tertiary/aromatic N) is 1. The molecule has 8 N–H and O–H groups in total. The summed E-state index contributed by atoms with van der Waals surface area (Å²) in [6, 6.07) is 29.4. The van der Waals surface area contributed by atoms with E-state index in [2.05, 4.69) is 72.8 Å². The number of nitrogen functional groups attached to an aromatic ring is 1. The fourth-order valence-electron chi connectivity index (χ4n) is 3.73. The quantitative estimate of drug-likeness (QED) is 0.0858. The van der Waals surface area contributed by atoms with Crippen LogP contribution in [0, 0.1) is 12.3 Å². The number of nitrogens with two attached hydrogens (primary N) is 3. The molecule has 8 heteroatoms. The maximum Gasteiger partial charge on any atom is 0.159 e. The Hall–Kier alpha value is -5.08. The van der Waals surface area contributed by atoms with Crippen molar-refractivity contribution in [3.63, 3.8) is 0 Å². The largest absolute Gasteiger partial charge is 0.404 e. The van der Waals surface area contributed by atoms with E-state index in [9.17, 15) is 4.79 Å². The summed E-state index contributed by atoms with van der Waals surface area (Å²) in [5.74, 6) is 0.0372. The number of rotatable bonds is 9. The number of hydrogen-bond donors (Lipinski definition) is 5. The highest BCUT2D eigenvalue weighted by Gasteiger charge is 2.11. The number of aromatic nitrogens is 1. The fraction of sp³-hybridized carbons (Fsp3) is 0.0882. The van der Waals surface area contributed by atoms with Crippen LogP contribution in [0.1, 0.15) is 39.7 Å². The molecular formula is C34H38N6OS. The third-order valence-corrected chi connectivity index (χ3v) is 6.36. The predicted molar refractivity (Wildman–Crippen MR) is 178 cm³/mol. The van der Waals surface area contributed by atoms with Gasteiger partial charge >= 0.3 is 0 Å². The number of ketones is 1. The van der Waals surface area contributed by atoms with Crippen molar-refractivity contribution in [3.05, 3.63) is 155 Å². The Morgan fingerprint density at radius 3 is 2.10 bits per heavy atom. The number of thioether (sulfide) groups is 1. The van der Waals surface area contributed by atoms with Crippen molar-refractivity contribution in [3.8, 4) is 11.1 Å². The van der Waals surface area contributed by atoms with Crippen molar-refractivity contribution in [2.45, 2.75) is 20.4 Å². The number of nitrogens with one attached hydrogen (secondary N) is 2. The summed E-state index contributed by atoms with van der Waals surface area (Å²) in [4.78, 5) is 15.2. The first-order valence-electron chi connectivity index (χ1n) is 13.0. The Morgan fingerprint density at radius 2 is 1.57 bits per heavy atom. The molecule has 0 aliphatic carbocycles. The highest BCUT2D eigenvalue weighted by molar-refractivity contribution is 8.05. The Kier molecular flexibility index (Phi) is 13.9. The molecular weight excluding hydrogens is 540 g/mol. The number of carbonyl (C=O) groups excluding carboxylic acids is 1. The standard InChI is InChI=1S/C21H20N2.C9H10N2O.C4H8N2S/c1-16-9-8-13-20(18-10-4-3-5-11-18)21(16)17(2)23-15-19-12-6-7-14-22-19;1-6(12)7-2-4-8(5-3-7)9(10)11;1-4(6)7-3-2-5/h3-14,23H,2,15H2,1H3;2-5H,1H3,(H3,10,11);2-3H,1,5-6H2/b;;3-2-. The summed E-state index contributed by atoms with van der Waals surface area (Å²) in [6.07, 6.45) is 3.23. The van der Waals surface area contributed by atoms with E-state index in [1.54, 1.807) is 29.7 Å². The summed E-state index contributed by atoms with van der Waals surface area (Å²) < 4.78 is 0. The molecule has 7 nitrogen and oxygen atoms in total. The molecule has 42 heavy (non-hydrogen) atoms. The third kappa shape index (κ3) is 11.2. The van der Waals surface area contributed by atoms with Crippen molar-refractivity contribution >= 4 is 29.1 Å². The Balaban J connectivity index is 0.000000271. The number of amidine groups is 1. The van der Waals surface area contributed by atoms with Crippen LogP contribution in [-0.2, 0) is 6.54 Å². The van der Waals surface area contributed by atoms with E-state index in [0.717, 1.165) is 17.0 Å². The average Bonchev–Trinajstić information content (AvgIpc) is 3.00. The average molecular weight is 579 g/mol. The number of carbonyl (C=O) groups is 1. The summed E-state index contributed by atoms with van der Waals surface area (Å²) in [6.45, 7) is 12.0. The highest BCUT2D eigenvalue weighted by atomic mass is 32.2. The molecule has 0 radical (unpaired) electrons. The predicted octanol–water partition coefficient (Wildman–Crippen LogP) is 6.57. The molecule has 0 fully saturated rings. The molecule has 0 aliphatic heterocycles. The van der Waals surface area contributed by atoms with Gasteiger partial charge < -0.3 is 22.5 Å². The molecule has 0 bridgehead atoms. The molecule has 4 rings (SSSR count). The molecule has 0 atom stereocenters. The number of benzene rings is 3. The van der Waals surface area contributed by atoms with Crippen molar-refractivity contribution in [1.82, 2.24) is 10.3 Å². The zero-order valence-electron chi connectivity index (χ0n) is 24.0. The van der Waals surface area contributed by atoms with Gasteiger partial charge in [-0.1, -0.05) is 104 Å². The highest BCUT2D eigenvalue weighted by Crippen LogP contribution is 2.30. The number of hydrogen-bond acceptors (Lipinski definition) is 7. The minimum absolute atomic E-state index is 0.0186. The van der Waals surface area contributed by atoms with E-state index in [4.69, 9.17) is 22.6 Å². The molecule has 0 unspecified atom stereocenters. The van der Waals surface area contributed by atoms with Crippen LogP contribution in [0.2, 0.25) is 0 Å². The van der Waals surface area contributed by atoms with Crippen molar-refractivity contribution < 1.29 is 4.79 Å². The minimum atomic E-state index is 0.0186. The lowest BCUT2D eigenvalue weighted by atomic mass is 9.94. The van der Waals surface area contributed by atoms with E-state index in [1.165, 1.54) is 41.6 Å². The van der Waals surface area contributed by atoms with Gasteiger partial charge in [-0.3, -0.25) is 15.2 Å². The van der Waals surface area contributed by atoms with Gasteiger partial charge in [0.05, 0.1) is 17.3 Å². The van der Waals surface area contributed by atoms with Crippen LogP contribution in [0.4, 0.5) is 0 Å². The smallest absolute Gasteiger partial charge is 0.159 e. The molecule has 0 amide bonds. The third-order valence-electron chi connectivity index (χ3n) is 5.77. The van der Waals surface area contributed by atoms with E-state index in [-0.39, 0.29) is 11.6 Å². The lowest BCUT2D eigenvalue weighted by Crippen LogP contribution is -2.13. The van der Waals surface area contributed by atoms with Gasteiger partial charge in [-0.15, -0.1) is 0 Å². The molecule has 1 heterocycles. The molecule has 216 valence electrons. The maximum atomic E-state index is 10.8. The SMILES string of the molecule is C=C(N)S/C=C\N.C=C(NCc1ccccn1)c1c(C)cccc1-c1ccccc1.CC(=O)c1ccc(C(=N)N)cc1.